The molecular formula is C17H16N2OS. The SMILES string of the molecule is COc1ccc(-c2nc(CN)c(-c3ccccc3)s2)cc1. The molecular weight excluding hydrogens is 280 g/mol. The number of thiazole rings is 1. The van der Waals surface area contributed by atoms with E-state index in [2.05, 4.69) is 17.1 Å². The van der Waals surface area contributed by atoms with Gasteiger partial charge < -0.3 is 10.5 Å². The van der Waals surface area contributed by atoms with E-state index in [1.54, 1.807) is 18.4 Å². The summed E-state index contributed by atoms with van der Waals surface area (Å²) in [6.07, 6.45) is 0. The van der Waals surface area contributed by atoms with Gasteiger partial charge in [-0.25, -0.2) is 4.98 Å². The molecule has 0 aliphatic carbocycles. The third-order valence-corrected chi connectivity index (χ3v) is 4.46. The van der Waals surface area contributed by atoms with Crippen molar-refractivity contribution in [3.05, 3.63) is 60.3 Å². The second-order valence-corrected chi connectivity index (χ2v) is 5.59. The standard InChI is InChI=1S/C17H16N2OS/c1-20-14-9-7-13(8-10-14)17-19-15(11-18)16(21-17)12-5-3-2-4-6-12/h2-10H,11,18H2,1H3. The molecule has 3 nitrogen and oxygen atoms in total. The Morgan fingerprint density at radius 1 is 1.00 bits per heavy atom. The van der Waals surface area contributed by atoms with E-state index < -0.39 is 0 Å². The first-order valence-electron chi connectivity index (χ1n) is 6.71. The summed E-state index contributed by atoms with van der Waals surface area (Å²) in [5.41, 5.74) is 9.03. The number of benzene rings is 2. The van der Waals surface area contributed by atoms with Gasteiger partial charge in [0.05, 0.1) is 17.7 Å². The van der Waals surface area contributed by atoms with Crippen LogP contribution in [0.2, 0.25) is 0 Å². The van der Waals surface area contributed by atoms with Crippen LogP contribution >= 0.6 is 11.3 Å². The maximum absolute atomic E-state index is 5.85. The Kier molecular flexibility index (Phi) is 3.99. The fraction of sp³-hybridized carbons (Fsp3) is 0.118. The Hall–Kier alpha value is -2.17. The van der Waals surface area contributed by atoms with Gasteiger partial charge in [-0.3, -0.25) is 0 Å². The molecule has 0 amide bonds. The average Bonchev–Trinajstić information content (AvgIpc) is 3.00. The van der Waals surface area contributed by atoms with E-state index >= 15 is 0 Å². The molecule has 0 atom stereocenters. The third kappa shape index (κ3) is 2.82. The average molecular weight is 296 g/mol. The van der Waals surface area contributed by atoms with Crippen LogP contribution in [0.3, 0.4) is 0 Å². The molecule has 0 bridgehead atoms. The van der Waals surface area contributed by atoms with Gasteiger partial charge >= 0.3 is 0 Å². The monoisotopic (exact) mass is 296 g/mol. The molecule has 2 aromatic carbocycles. The van der Waals surface area contributed by atoms with Crippen molar-refractivity contribution in [2.24, 2.45) is 5.73 Å². The lowest BCUT2D eigenvalue weighted by atomic mass is 10.1. The van der Waals surface area contributed by atoms with E-state index in [1.165, 1.54) is 0 Å². The van der Waals surface area contributed by atoms with Gasteiger partial charge in [0.1, 0.15) is 10.8 Å². The number of methoxy groups -OCH3 is 1. The van der Waals surface area contributed by atoms with Crippen LogP contribution < -0.4 is 10.5 Å². The first-order valence-corrected chi connectivity index (χ1v) is 7.53. The van der Waals surface area contributed by atoms with Crippen LogP contribution in [0.15, 0.2) is 54.6 Å². The van der Waals surface area contributed by atoms with Crippen molar-refractivity contribution in [3.63, 3.8) is 0 Å². The van der Waals surface area contributed by atoms with Gasteiger partial charge in [0, 0.05) is 12.1 Å². The summed E-state index contributed by atoms with van der Waals surface area (Å²) in [7, 11) is 1.67. The summed E-state index contributed by atoms with van der Waals surface area (Å²) in [5.74, 6) is 0.845. The molecule has 2 N–H and O–H groups in total. The van der Waals surface area contributed by atoms with E-state index in [0.29, 0.717) is 6.54 Å². The molecule has 21 heavy (non-hydrogen) atoms. The maximum atomic E-state index is 5.85. The lowest BCUT2D eigenvalue weighted by Gasteiger charge is -2.00. The zero-order valence-electron chi connectivity index (χ0n) is 11.7. The number of ether oxygens (including phenoxy) is 1. The third-order valence-electron chi connectivity index (χ3n) is 3.26. The van der Waals surface area contributed by atoms with Crippen molar-refractivity contribution in [1.82, 2.24) is 4.98 Å². The van der Waals surface area contributed by atoms with Gasteiger partial charge in [-0.1, -0.05) is 30.3 Å². The molecule has 106 valence electrons. The van der Waals surface area contributed by atoms with Crippen LogP contribution in [0, 0.1) is 0 Å². The highest BCUT2D eigenvalue weighted by molar-refractivity contribution is 7.18. The van der Waals surface area contributed by atoms with Crippen LogP contribution in [-0.4, -0.2) is 12.1 Å². The van der Waals surface area contributed by atoms with Crippen molar-refractivity contribution in [2.45, 2.75) is 6.54 Å². The van der Waals surface area contributed by atoms with Crippen LogP contribution in [0.5, 0.6) is 5.75 Å². The zero-order valence-corrected chi connectivity index (χ0v) is 12.6. The van der Waals surface area contributed by atoms with Gasteiger partial charge in [0.2, 0.25) is 0 Å². The van der Waals surface area contributed by atoms with Gasteiger partial charge in [0.15, 0.2) is 0 Å². The molecule has 1 aromatic heterocycles. The molecule has 0 saturated heterocycles. The fourth-order valence-electron chi connectivity index (χ4n) is 2.16. The predicted molar refractivity (Wildman–Crippen MR) is 87.4 cm³/mol. The molecule has 0 saturated carbocycles. The van der Waals surface area contributed by atoms with Crippen molar-refractivity contribution >= 4 is 11.3 Å². The van der Waals surface area contributed by atoms with Crippen molar-refractivity contribution < 1.29 is 4.74 Å². The fourth-order valence-corrected chi connectivity index (χ4v) is 3.27. The minimum absolute atomic E-state index is 0.441. The molecule has 3 aromatic rings. The van der Waals surface area contributed by atoms with Crippen molar-refractivity contribution in [3.8, 4) is 26.8 Å². The van der Waals surface area contributed by atoms with Gasteiger partial charge in [-0.05, 0) is 29.8 Å². The highest BCUT2D eigenvalue weighted by Crippen LogP contribution is 2.35. The van der Waals surface area contributed by atoms with E-state index in [0.717, 1.165) is 32.5 Å². The Labute approximate surface area is 128 Å². The number of aromatic nitrogens is 1. The second-order valence-electron chi connectivity index (χ2n) is 4.59. The summed E-state index contributed by atoms with van der Waals surface area (Å²) >= 11 is 1.67. The number of hydrogen-bond donors (Lipinski definition) is 1. The smallest absolute Gasteiger partial charge is 0.124 e. The highest BCUT2D eigenvalue weighted by Gasteiger charge is 2.13. The zero-order chi connectivity index (χ0) is 14.7. The van der Waals surface area contributed by atoms with E-state index in [4.69, 9.17) is 10.5 Å². The van der Waals surface area contributed by atoms with Crippen LogP contribution in [-0.2, 0) is 6.54 Å². The highest BCUT2D eigenvalue weighted by atomic mass is 32.1. The van der Waals surface area contributed by atoms with E-state index in [-0.39, 0.29) is 0 Å². The van der Waals surface area contributed by atoms with Gasteiger partial charge in [0.25, 0.3) is 0 Å². The van der Waals surface area contributed by atoms with Crippen LogP contribution in [0.1, 0.15) is 5.69 Å². The Morgan fingerprint density at radius 3 is 2.33 bits per heavy atom. The number of rotatable bonds is 4. The van der Waals surface area contributed by atoms with Gasteiger partial charge in [-0.15, -0.1) is 11.3 Å². The lowest BCUT2D eigenvalue weighted by molar-refractivity contribution is 0.415. The molecule has 0 spiro atoms. The number of hydrogen-bond acceptors (Lipinski definition) is 4. The minimum atomic E-state index is 0.441. The van der Waals surface area contributed by atoms with Crippen molar-refractivity contribution in [2.75, 3.05) is 7.11 Å². The summed E-state index contributed by atoms with van der Waals surface area (Å²) in [4.78, 5) is 5.83. The normalized spacial score (nSPS) is 10.6. The van der Waals surface area contributed by atoms with E-state index in [9.17, 15) is 0 Å². The summed E-state index contributed by atoms with van der Waals surface area (Å²) in [5, 5.41) is 0.983. The molecule has 0 aliphatic rings. The Morgan fingerprint density at radius 2 is 1.71 bits per heavy atom. The Bertz CT molecular complexity index is 720. The molecule has 0 radical (unpaired) electrons. The Balaban J connectivity index is 2.02. The summed E-state index contributed by atoms with van der Waals surface area (Å²) < 4.78 is 5.19. The summed E-state index contributed by atoms with van der Waals surface area (Å²) in [6, 6.07) is 18.2. The van der Waals surface area contributed by atoms with Crippen molar-refractivity contribution in [1.29, 1.82) is 0 Å². The van der Waals surface area contributed by atoms with Crippen LogP contribution in [0.4, 0.5) is 0 Å². The van der Waals surface area contributed by atoms with Crippen LogP contribution in [0.25, 0.3) is 21.0 Å². The quantitative estimate of drug-likeness (QED) is 0.793. The molecule has 0 unspecified atom stereocenters. The molecule has 3 rings (SSSR count). The molecule has 0 fully saturated rings. The largest absolute Gasteiger partial charge is 0.497 e. The lowest BCUT2D eigenvalue weighted by Crippen LogP contribution is -1.98. The summed E-state index contributed by atoms with van der Waals surface area (Å²) in [6.45, 7) is 0.441. The topological polar surface area (TPSA) is 48.1 Å². The first-order chi connectivity index (χ1) is 10.3. The van der Waals surface area contributed by atoms with E-state index in [1.807, 2.05) is 42.5 Å². The molecule has 0 aliphatic heterocycles. The number of nitrogens with two attached hydrogens (primary N) is 1. The number of nitrogens with zero attached hydrogens (tertiary/aromatic N) is 1. The molecule has 1 heterocycles. The maximum Gasteiger partial charge on any atom is 0.124 e. The molecule has 4 heteroatoms. The predicted octanol–water partition coefficient (Wildman–Crippen LogP) is 3.94. The second kappa shape index (κ2) is 6.08. The first kappa shape index (κ1) is 13.8. The minimum Gasteiger partial charge on any atom is -0.497 e. The van der Waals surface area contributed by atoms with Gasteiger partial charge in [-0.2, -0.15) is 0 Å².